The highest BCUT2D eigenvalue weighted by atomic mass is 16.5. The average molecular weight is 278 g/mol. The summed E-state index contributed by atoms with van der Waals surface area (Å²) in [6.45, 7) is 10.5. The van der Waals surface area contributed by atoms with Crippen molar-refractivity contribution < 1.29 is 9.53 Å². The first-order chi connectivity index (χ1) is 9.56. The molecule has 112 valence electrons. The Balaban J connectivity index is 2.51. The highest BCUT2D eigenvalue weighted by Crippen LogP contribution is 2.13. The zero-order chi connectivity index (χ0) is 15.0. The maximum atomic E-state index is 11.9. The SMILES string of the molecule is CCN(CC)C(=O)COc1cccc(CNC(C)C)c1. The van der Waals surface area contributed by atoms with Crippen molar-refractivity contribution in [3.05, 3.63) is 29.8 Å². The molecular weight excluding hydrogens is 252 g/mol. The summed E-state index contributed by atoms with van der Waals surface area (Å²) in [5.74, 6) is 0.772. The third-order valence-electron chi connectivity index (χ3n) is 3.09. The van der Waals surface area contributed by atoms with Gasteiger partial charge in [-0.1, -0.05) is 26.0 Å². The third kappa shape index (κ3) is 5.61. The highest BCUT2D eigenvalue weighted by molar-refractivity contribution is 5.77. The lowest BCUT2D eigenvalue weighted by Gasteiger charge is -2.18. The van der Waals surface area contributed by atoms with E-state index in [0.29, 0.717) is 6.04 Å². The van der Waals surface area contributed by atoms with Gasteiger partial charge in [0.05, 0.1) is 0 Å². The van der Waals surface area contributed by atoms with Crippen molar-refractivity contribution in [1.82, 2.24) is 10.2 Å². The summed E-state index contributed by atoms with van der Waals surface area (Å²) in [6, 6.07) is 8.31. The summed E-state index contributed by atoms with van der Waals surface area (Å²) in [7, 11) is 0. The second kappa shape index (κ2) is 8.59. The van der Waals surface area contributed by atoms with Gasteiger partial charge in [0.1, 0.15) is 5.75 Å². The van der Waals surface area contributed by atoms with E-state index in [0.717, 1.165) is 30.9 Å². The van der Waals surface area contributed by atoms with Crippen molar-refractivity contribution in [2.45, 2.75) is 40.3 Å². The molecule has 0 radical (unpaired) electrons. The molecule has 0 aliphatic rings. The lowest BCUT2D eigenvalue weighted by molar-refractivity contribution is -0.132. The number of rotatable bonds is 8. The molecule has 0 unspecified atom stereocenters. The molecule has 4 nitrogen and oxygen atoms in total. The molecule has 1 rings (SSSR count). The normalized spacial score (nSPS) is 10.7. The van der Waals surface area contributed by atoms with Gasteiger partial charge in [0, 0.05) is 25.7 Å². The molecule has 0 saturated heterocycles. The molecule has 0 aromatic heterocycles. The quantitative estimate of drug-likeness (QED) is 0.794. The van der Waals surface area contributed by atoms with Crippen LogP contribution < -0.4 is 10.1 Å². The van der Waals surface area contributed by atoms with Crippen LogP contribution in [0.25, 0.3) is 0 Å². The average Bonchev–Trinajstić information content (AvgIpc) is 2.44. The van der Waals surface area contributed by atoms with Crippen molar-refractivity contribution in [3.8, 4) is 5.75 Å². The Bertz CT molecular complexity index is 415. The topological polar surface area (TPSA) is 41.6 Å². The maximum Gasteiger partial charge on any atom is 0.260 e. The van der Waals surface area contributed by atoms with E-state index in [9.17, 15) is 4.79 Å². The van der Waals surface area contributed by atoms with Gasteiger partial charge in [0.2, 0.25) is 0 Å². The fraction of sp³-hybridized carbons (Fsp3) is 0.562. The molecule has 0 spiro atoms. The number of benzene rings is 1. The molecule has 0 bridgehead atoms. The van der Waals surface area contributed by atoms with Crippen LogP contribution in [-0.4, -0.2) is 36.5 Å². The molecule has 0 atom stereocenters. The van der Waals surface area contributed by atoms with Gasteiger partial charge in [0.25, 0.3) is 5.91 Å². The fourth-order valence-electron chi connectivity index (χ4n) is 1.88. The Morgan fingerprint density at radius 3 is 2.60 bits per heavy atom. The van der Waals surface area contributed by atoms with E-state index in [1.807, 2.05) is 32.0 Å². The molecule has 1 aromatic carbocycles. The van der Waals surface area contributed by atoms with Gasteiger partial charge in [-0.25, -0.2) is 0 Å². The van der Waals surface area contributed by atoms with Crippen LogP contribution in [0.1, 0.15) is 33.3 Å². The smallest absolute Gasteiger partial charge is 0.260 e. The molecule has 0 aliphatic heterocycles. The standard InChI is InChI=1S/C16H26N2O2/c1-5-18(6-2)16(19)12-20-15-9-7-8-14(10-15)11-17-13(3)4/h7-10,13,17H,5-6,11-12H2,1-4H3. The molecular formula is C16H26N2O2. The van der Waals surface area contributed by atoms with Crippen molar-refractivity contribution in [2.75, 3.05) is 19.7 Å². The Morgan fingerprint density at radius 1 is 1.30 bits per heavy atom. The number of carbonyl (C=O) groups is 1. The van der Waals surface area contributed by atoms with Crippen molar-refractivity contribution in [2.24, 2.45) is 0 Å². The van der Waals surface area contributed by atoms with Gasteiger partial charge in [0.15, 0.2) is 6.61 Å². The zero-order valence-corrected chi connectivity index (χ0v) is 13.0. The van der Waals surface area contributed by atoms with E-state index in [4.69, 9.17) is 4.74 Å². The molecule has 0 saturated carbocycles. The molecule has 0 heterocycles. The Morgan fingerprint density at radius 2 is 2.00 bits per heavy atom. The first-order valence-corrected chi connectivity index (χ1v) is 7.29. The molecule has 4 heteroatoms. The second-order valence-corrected chi connectivity index (χ2v) is 5.04. The van der Waals surface area contributed by atoms with Gasteiger partial charge >= 0.3 is 0 Å². The van der Waals surface area contributed by atoms with Gasteiger partial charge in [-0.05, 0) is 31.5 Å². The lowest BCUT2D eigenvalue weighted by atomic mass is 10.2. The molecule has 1 amide bonds. The Labute approximate surface area is 122 Å². The zero-order valence-electron chi connectivity index (χ0n) is 13.0. The molecule has 1 aromatic rings. The van der Waals surface area contributed by atoms with Gasteiger partial charge < -0.3 is 15.0 Å². The monoisotopic (exact) mass is 278 g/mol. The van der Waals surface area contributed by atoms with Crippen molar-refractivity contribution in [3.63, 3.8) is 0 Å². The number of nitrogens with one attached hydrogen (secondary N) is 1. The summed E-state index contributed by atoms with van der Waals surface area (Å²) in [4.78, 5) is 13.6. The van der Waals surface area contributed by atoms with E-state index in [1.54, 1.807) is 4.90 Å². The molecule has 1 N–H and O–H groups in total. The third-order valence-corrected chi connectivity index (χ3v) is 3.09. The van der Waals surface area contributed by atoms with E-state index in [2.05, 4.69) is 25.2 Å². The van der Waals surface area contributed by atoms with Crippen LogP contribution in [-0.2, 0) is 11.3 Å². The van der Waals surface area contributed by atoms with Gasteiger partial charge in [-0.3, -0.25) is 4.79 Å². The van der Waals surface area contributed by atoms with Crippen LogP contribution in [0.2, 0.25) is 0 Å². The van der Waals surface area contributed by atoms with E-state index in [-0.39, 0.29) is 12.5 Å². The number of hydrogen-bond acceptors (Lipinski definition) is 3. The summed E-state index contributed by atoms with van der Waals surface area (Å²) in [5, 5.41) is 3.36. The number of ether oxygens (including phenoxy) is 1. The van der Waals surface area contributed by atoms with Crippen molar-refractivity contribution in [1.29, 1.82) is 0 Å². The number of likely N-dealkylation sites (N-methyl/N-ethyl adjacent to an activating group) is 1. The second-order valence-electron chi connectivity index (χ2n) is 5.04. The minimum Gasteiger partial charge on any atom is -0.484 e. The summed E-state index contributed by atoms with van der Waals surface area (Å²) < 4.78 is 5.58. The summed E-state index contributed by atoms with van der Waals surface area (Å²) in [5.41, 5.74) is 1.16. The van der Waals surface area contributed by atoms with Gasteiger partial charge in [-0.15, -0.1) is 0 Å². The van der Waals surface area contributed by atoms with E-state index in [1.165, 1.54) is 0 Å². The van der Waals surface area contributed by atoms with Crippen molar-refractivity contribution >= 4 is 5.91 Å². The van der Waals surface area contributed by atoms with E-state index < -0.39 is 0 Å². The van der Waals surface area contributed by atoms with Gasteiger partial charge in [-0.2, -0.15) is 0 Å². The minimum absolute atomic E-state index is 0.0284. The highest BCUT2D eigenvalue weighted by Gasteiger charge is 2.10. The van der Waals surface area contributed by atoms with Crippen LogP contribution in [0, 0.1) is 0 Å². The van der Waals surface area contributed by atoms with Crippen LogP contribution in [0.15, 0.2) is 24.3 Å². The van der Waals surface area contributed by atoms with Crippen LogP contribution in [0.4, 0.5) is 0 Å². The number of amides is 1. The molecule has 0 aliphatic carbocycles. The Kier molecular flexibility index (Phi) is 7.09. The maximum absolute atomic E-state index is 11.9. The molecule has 0 fully saturated rings. The number of nitrogens with zero attached hydrogens (tertiary/aromatic N) is 1. The number of hydrogen-bond donors (Lipinski definition) is 1. The van der Waals surface area contributed by atoms with Crippen LogP contribution in [0.3, 0.4) is 0 Å². The molecule has 20 heavy (non-hydrogen) atoms. The fourth-order valence-corrected chi connectivity index (χ4v) is 1.88. The first-order valence-electron chi connectivity index (χ1n) is 7.29. The van der Waals surface area contributed by atoms with Crippen LogP contribution >= 0.6 is 0 Å². The summed E-state index contributed by atoms with van der Waals surface area (Å²) in [6.07, 6.45) is 0. The van der Waals surface area contributed by atoms with E-state index >= 15 is 0 Å². The minimum atomic E-state index is 0.0284. The van der Waals surface area contributed by atoms with Crippen LogP contribution in [0.5, 0.6) is 5.75 Å². The Hall–Kier alpha value is -1.55. The first kappa shape index (κ1) is 16.5. The predicted molar refractivity (Wildman–Crippen MR) is 81.8 cm³/mol. The summed E-state index contributed by atoms with van der Waals surface area (Å²) >= 11 is 0. The predicted octanol–water partition coefficient (Wildman–Crippen LogP) is 2.43. The number of carbonyl (C=O) groups excluding carboxylic acids is 1. The lowest BCUT2D eigenvalue weighted by Crippen LogP contribution is -2.34. The largest absolute Gasteiger partial charge is 0.484 e.